The average Bonchev–Trinajstić information content (AvgIpc) is 3.36. The fourth-order valence-corrected chi connectivity index (χ4v) is 6.46. The Morgan fingerprint density at radius 2 is 1.73 bits per heavy atom. The Labute approximate surface area is 216 Å². The van der Waals surface area contributed by atoms with Crippen molar-refractivity contribution in [3.63, 3.8) is 0 Å². The van der Waals surface area contributed by atoms with E-state index in [0.29, 0.717) is 42.9 Å². The zero-order valence-corrected chi connectivity index (χ0v) is 21.4. The van der Waals surface area contributed by atoms with Gasteiger partial charge in [-0.1, -0.05) is 24.3 Å². The van der Waals surface area contributed by atoms with Gasteiger partial charge in [0.2, 0.25) is 15.9 Å². The van der Waals surface area contributed by atoms with E-state index in [2.05, 4.69) is 5.32 Å². The topological polar surface area (TPSA) is 96.0 Å². The zero-order chi connectivity index (χ0) is 26.0. The predicted molar refractivity (Wildman–Crippen MR) is 141 cm³/mol. The van der Waals surface area contributed by atoms with Gasteiger partial charge in [0.1, 0.15) is 5.75 Å². The number of hydrogen-bond donors (Lipinski definition) is 1. The molecule has 1 saturated heterocycles. The highest BCUT2D eigenvalue weighted by Gasteiger charge is 2.33. The SMILES string of the molecule is COc1ccc(C(=O)N2CCc3ccc(NC(=O)[C@@H]4CCCN(S(=O)(=O)c5ccccc5)C4)cc32)cc1. The summed E-state index contributed by atoms with van der Waals surface area (Å²) in [5, 5.41) is 2.95. The maximum absolute atomic E-state index is 13.2. The molecule has 37 heavy (non-hydrogen) atoms. The van der Waals surface area contributed by atoms with Crippen LogP contribution in [-0.2, 0) is 21.2 Å². The van der Waals surface area contributed by atoms with Crippen molar-refractivity contribution in [2.45, 2.75) is 24.2 Å². The second kappa shape index (κ2) is 10.4. The van der Waals surface area contributed by atoms with Crippen LogP contribution in [0.5, 0.6) is 5.75 Å². The van der Waals surface area contributed by atoms with Gasteiger partial charge < -0.3 is 15.0 Å². The van der Waals surface area contributed by atoms with Crippen LogP contribution >= 0.6 is 0 Å². The molecule has 2 aliphatic rings. The van der Waals surface area contributed by atoms with Gasteiger partial charge in [-0.05, 0) is 73.4 Å². The van der Waals surface area contributed by atoms with Crippen LogP contribution in [0.15, 0.2) is 77.7 Å². The lowest BCUT2D eigenvalue weighted by Gasteiger charge is -2.31. The van der Waals surface area contributed by atoms with E-state index in [4.69, 9.17) is 4.74 Å². The van der Waals surface area contributed by atoms with Crippen LogP contribution in [0.3, 0.4) is 0 Å². The molecule has 5 rings (SSSR count). The molecule has 0 radical (unpaired) electrons. The maximum Gasteiger partial charge on any atom is 0.258 e. The van der Waals surface area contributed by atoms with Crippen LogP contribution in [0, 0.1) is 5.92 Å². The molecule has 0 saturated carbocycles. The van der Waals surface area contributed by atoms with Crippen molar-refractivity contribution in [2.75, 3.05) is 37.0 Å². The molecule has 0 aliphatic carbocycles. The highest BCUT2D eigenvalue weighted by atomic mass is 32.2. The summed E-state index contributed by atoms with van der Waals surface area (Å²) in [6.07, 6.45) is 1.96. The summed E-state index contributed by atoms with van der Waals surface area (Å²) in [7, 11) is -2.08. The van der Waals surface area contributed by atoms with Crippen molar-refractivity contribution in [3.8, 4) is 5.75 Å². The lowest BCUT2D eigenvalue weighted by Crippen LogP contribution is -2.43. The Kier molecular flexibility index (Phi) is 6.99. The molecule has 3 aromatic carbocycles. The minimum absolute atomic E-state index is 0.112. The molecule has 1 atom stereocenters. The van der Waals surface area contributed by atoms with E-state index in [-0.39, 0.29) is 23.3 Å². The molecule has 8 nitrogen and oxygen atoms in total. The largest absolute Gasteiger partial charge is 0.497 e. The summed E-state index contributed by atoms with van der Waals surface area (Å²) < 4.78 is 32.7. The van der Waals surface area contributed by atoms with E-state index in [1.807, 2.05) is 18.2 Å². The lowest BCUT2D eigenvalue weighted by atomic mass is 9.98. The van der Waals surface area contributed by atoms with Gasteiger partial charge in [0.25, 0.3) is 5.91 Å². The summed E-state index contributed by atoms with van der Waals surface area (Å²) in [6, 6.07) is 20.9. The van der Waals surface area contributed by atoms with Crippen molar-refractivity contribution >= 4 is 33.2 Å². The number of rotatable bonds is 6. The molecular weight excluding hydrogens is 490 g/mol. The molecule has 3 aromatic rings. The van der Waals surface area contributed by atoms with Gasteiger partial charge in [-0.2, -0.15) is 4.31 Å². The van der Waals surface area contributed by atoms with Crippen molar-refractivity contribution < 1.29 is 22.7 Å². The number of hydrogen-bond acceptors (Lipinski definition) is 5. The van der Waals surface area contributed by atoms with E-state index < -0.39 is 15.9 Å². The molecule has 1 fully saturated rings. The highest BCUT2D eigenvalue weighted by Crippen LogP contribution is 2.33. The smallest absolute Gasteiger partial charge is 0.258 e. The number of piperidine rings is 1. The van der Waals surface area contributed by atoms with E-state index in [0.717, 1.165) is 17.7 Å². The number of carbonyl (C=O) groups excluding carboxylic acids is 2. The van der Waals surface area contributed by atoms with Gasteiger partial charge in [-0.25, -0.2) is 8.42 Å². The van der Waals surface area contributed by atoms with Gasteiger partial charge in [-0.3, -0.25) is 9.59 Å². The minimum atomic E-state index is -3.66. The van der Waals surface area contributed by atoms with Crippen molar-refractivity contribution in [1.82, 2.24) is 4.31 Å². The third kappa shape index (κ3) is 5.10. The number of methoxy groups -OCH3 is 1. The summed E-state index contributed by atoms with van der Waals surface area (Å²) in [6.45, 7) is 1.09. The van der Waals surface area contributed by atoms with Crippen molar-refractivity contribution in [3.05, 3.63) is 83.9 Å². The maximum atomic E-state index is 13.2. The standard InChI is InChI=1S/C28H29N3O5S/c1-36-24-13-10-21(11-14-24)28(33)31-17-15-20-9-12-23(18-26(20)31)29-27(32)22-6-5-16-30(19-22)37(34,35)25-7-3-2-4-8-25/h2-4,7-14,18,22H,5-6,15-17,19H2,1H3,(H,29,32)/t22-/m1/s1. The molecule has 0 spiro atoms. The van der Waals surface area contributed by atoms with E-state index in [1.165, 1.54) is 4.31 Å². The van der Waals surface area contributed by atoms with Gasteiger partial charge in [-0.15, -0.1) is 0 Å². The van der Waals surface area contributed by atoms with Crippen LogP contribution in [0.4, 0.5) is 11.4 Å². The Bertz CT molecular complexity index is 1410. The average molecular weight is 520 g/mol. The second-order valence-electron chi connectivity index (χ2n) is 9.28. The second-order valence-corrected chi connectivity index (χ2v) is 11.2. The monoisotopic (exact) mass is 519 g/mol. The van der Waals surface area contributed by atoms with Crippen LogP contribution in [0.25, 0.3) is 0 Å². The van der Waals surface area contributed by atoms with Crippen LogP contribution in [-0.4, -0.2) is 51.3 Å². The van der Waals surface area contributed by atoms with Gasteiger partial charge >= 0.3 is 0 Å². The fourth-order valence-electron chi connectivity index (χ4n) is 4.92. The lowest BCUT2D eigenvalue weighted by molar-refractivity contribution is -0.120. The fraction of sp³-hybridized carbons (Fsp3) is 0.286. The van der Waals surface area contributed by atoms with Crippen LogP contribution in [0.1, 0.15) is 28.8 Å². The normalized spacial score (nSPS) is 17.8. The molecule has 2 amide bonds. The molecule has 2 heterocycles. The predicted octanol–water partition coefficient (Wildman–Crippen LogP) is 3.94. The number of fused-ring (bicyclic) bond motifs is 1. The quantitative estimate of drug-likeness (QED) is 0.532. The molecule has 0 bridgehead atoms. The molecule has 0 aromatic heterocycles. The number of anilines is 2. The number of benzene rings is 3. The Morgan fingerprint density at radius 1 is 0.973 bits per heavy atom. The summed E-state index contributed by atoms with van der Waals surface area (Å²) in [5.41, 5.74) is 2.96. The first-order valence-corrected chi connectivity index (χ1v) is 13.8. The van der Waals surface area contributed by atoms with Gasteiger partial charge in [0, 0.05) is 36.6 Å². The van der Waals surface area contributed by atoms with Crippen molar-refractivity contribution in [2.24, 2.45) is 5.92 Å². The number of nitrogens with one attached hydrogen (secondary N) is 1. The minimum Gasteiger partial charge on any atom is -0.497 e. The number of amides is 2. The van der Waals surface area contributed by atoms with Crippen LogP contribution in [0.2, 0.25) is 0 Å². The number of ether oxygens (including phenoxy) is 1. The Hall–Kier alpha value is -3.69. The molecule has 2 aliphatic heterocycles. The zero-order valence-electron chi connectivity index (χ0n) is 20.6. The number of nitrogens with zero attached hydrogens (tertiary/aromatic N) is 2. The highest BCUT2D eigenvalue weighted by molar-refractivity contribution is 7.89. The first kappa shape index (κ1) is 25.0. The third-order valence-corrected chi connectivity index (χ3v) is 8.85. The summed E-state index contributed by atoms with van der Waals surface area (Å²) in [4.78, 5) is 28.3. The van der Waals surface area contributed by atoms with E-state index >= 15 is 0 Å². The summed E-state index contributed by atoms with van der Waals surface area (Å²) >= 11 is 0. The first-order chi connectivity index (χ1) is 17.9. The molecule has 1 N–H and O–H groups in total. The third-order valence-electron chi connectivity index (χ3n) is 6.97. The van der Waals surface area contributed by atoms with Gasteiger partial charge in [0.05, 0.1) is 17.9 Å². The summed E-state index contributed by atoms with van der Waals surface area (Å²) in [5.74, 6) is -0.114. The number of carbonyl (C=O) groups is 2. The first-order valence-electron chi connectivity index (χ1n) is 12.3. The van der Waals surface area contributed by atoms with Crippen molar-refractivity contribution in [1.29, 1.82) is 0 Å². The number of sulfonamides is 1. The Balaban J connectivity index is 1.29. The van der Waals surface area contributed by atoms with E-state index in [9.17, 15) is 18.0 Å². The molecule has 9 heteroatoms. The Morgan fingerprint density at radius 3 is 2.46 bits per heavy atom. The van der Waals surface area contributed by atoms with E-state index in [1.54, 1.807) is 66.6 Å². The molecule has 192 valence electrons. The molecule has 0 unspecified atom stereocenters. The molecular formula is C28H29N3O5S. The van der Waals surface area contributed by atoms with Crippen LogP contribution < -0.4 is 15.0 Å². The van der Waals surface area contributed by atoms with Gasteiger partial charge in [0.15, 0.2) is 0 Å².